The number of rotatable bonds is 9. The third-order valence-corrected chi connectivity index (χ3v) is 4.97. The van der Waals surface area contributed by atoms with Gasteiger partial charge in [-0.05, 0) is 35.4 Å². The molecule has 0 amide bonds. The largest absolute Gasteiger partial charge is 0.612 e. The summed E-state index contributed by atoms with van der Waals surface area (Å²) in [6.45, 7) is 0. The fourth-order valence-electron chi connectivity index (χ4n) is 2.67. The fourth-order valence-corrected chi connectivity index (χ4v) is 3.58. The molecule has 2 aromatic rings. The smallest absolute Gasteiger partial charge is 0.203 e. The molecule has 6 nitrogen and oxygen atoms in total. The van der Waals surface area contributed by atoms with E-state index in [1.807, 2.05) is 24.3 Å². The molecule has 2 rings (SSSR count). The molecule has 1 unspecified atom stereocenters. The molecule has 0 aliphatic carbocycles. The van der Waals surface area contributed by atoms with Crippen LogP contribution in [0.25, 0.3) is 6.08 Å². The molecule has 0 N–H and O–H groups in total. The van der Waals surface area contributed by atoms with Gasteiger partial charge in [-0.3, -0.25) is 0 Å². The number of methoxy groups -OCH3 is 5. The first-order valence-electron chi connectivity index (χ1n) is 8.13. The molecule has 146 valence electrons. The quantitative estimate of drug-likeness (QED) is 0.607. The average molecular weight is 392 g/mol. The van der Waals surface area contributed by atoms with Crippen LogP contribution in [-0.2, 0) is 16.9 Å². The van der Waals surface area contributed by atoms with E-state index in [4.69, 9.17) is 23.7 Å². The van der Waals surface area contributed by atoms with E-state index in [1.54, 1.807) is 46.0 Å². The molecule has 1 atom stereocenters. The molecule has 0 saturated carbocycles. The topological polar surface area (TPSA) is 69.2 Å². The van der Waals surface area contributed by atoms with Crippen molar-refractivity contribution in [2.75, 3.05) is 35.5 Å². The van der Waals surface area contributed by atoms with E-state index in [0.29, 0.717) is 28.7 Å². The Hall–Kier alpha value is -2.51. The molecule has 2 aromatic carbocycles. The first-order chi connectivity index (χ1) is 13.1. The maximum Gasteiger partial charge on any atom is 0.203 e. The minimum Gasteiger partial charge on any atom is -0.612 e. The first kappa shape index (κ1) is 20.8. The predicted molar refractivity (Wildman–Crippen MR) is 107 cm³/mol. The van der Waals surface area contributed by atoms with E-state index in [-0.39, 0.29) is 5.75 Å². The van der Waals surface area contributed by atoms with Crippen LogP contribution >= 0.6 is 0 Å². The Morgan fingerprint density at radius 2 is 1.37 bits per heavy atom. The third kappa shape index (κ3) is 4.81. The summed E-state index contributed by atoms with van der Waals surface area (Å²) in [5.41, 5.74) is 1.49. The summed E-state index contributed by atoms with van der Waals surface area (Å²) in [6.07, 6.45) is 1.74. The lowest BCUT2D eigenvalue weighted by molar-refractivity contribution is 0.323. The van der Waals surface area contributed by atoms with Gasteiger partial charge in [-0.25, -0.2) is 0 Å². The summed E-state index contributed by atoms with van der Waals surface area (Å²) >= 11 is -1.29. The van der Waals surface area contributed by atoms with Gasteiger partial charge in [0.2, 0.25) is 5.75 Å². The van der Waals surface area contributed by atoms with Gasteiger partial charge in [0.15, 0.2) is 11.5 Å². The Labute approximate surface area is 162 Å². The molecular weight excluding hydrogens is 368 g/mol. The summed E-state index contributed by atoms with van der Waals surface area (Å²) in [5, 5.41) is 1.61. The molecule has 0 fully saturated rings. The van der Waals surface area contributed by atoms with Crippen molar-refractivity contribution in [2.45, 2.75) is 5.75 Å². The highest BCUT2D eigenvalue weighted by molar-refractivity contribution is 7.93. The Morgan fingerprint density at radius 3 is 1.89 bits per heavy atom. The van der Waals surface area contributed by atoms with Crippen LogP contribution in [-0.4, -0.2) is 40.1 Å². The van der Waals surface area contributed by atoms with Gasteiger partial charge in [-0.15, -0.1) is 0 Å². The van der Waals surface area contributed by atoms with Crippen LogP contribution in [0.4, 0.5) is 0 Å². The second-order valence-corrected chi connectivity index (χ2v) is 6.72. The molecule has 0 radical (unpaired) electrons. The summed E-state index contributed by atoms with van der Waals surface area (Å²) < 4.78 is 39.4. The second-order valence-electron chi connectivity index (χ2n) is 5.40. The van der Waals surface area contributed by atoms with Crippen LogP contribution < -0.4 is 23.7 Å². The normalized spacial score (nSPS) is 11.9. The van der Waals surface area contributed by atoms with Gasteiger partial charge in [-0.1, -0.05) is 6.07 Å². The van der Waals surface area contributed by atoms with Crippen LogP contribution in [0.1, 0.15) is 11.1 Å². The highest BCUT2D eigenvalue weighted by atomic mass is 32.2. The zero-order chi connectivity index (χ0) is 19.8. The lowest BCUT2D eigenvalue weighted by atomic mass is 10.2. The van der Waals surface area contributed by atoms with Gasteiger partial charge >= 0.3 is 0 Å². The van der Waals surface area contributed by atoms with Gasteiger partial charge in [0.05, 0.1) is 41.1 Å². The zero-order valence-electron chi connectivity index (χ0n) is 16.1. The minimum absolute atomic E-state index is 0.261. The molecule has 0 heterocycles. The van der Waals surface area contributed by atoms with Crippen molar-refractivity contribution in [2.24, 2.45) is 0 Å². The number of hydrogen-bond donors (Lipinski definition) is 0. The van der Waals surface area contributed by atoms with Gasteiger partial charge in [0.1, 0.15) is 22.7 Å². The monoisotopic (exact) mass is 392 g/mol. The predicted octanol–water partition coefficient (Wildman–Crippen LogP) is 3.65. The van der Waals surface area contributed by atoms with Crippen LogP contribution in [0, 0.1) is 0 Å². The van der Waals surface area contributed by atoms with Crippen molar-refractivity contribution < 1.29 is 28.2 Å². The molecule has 27 heavy (non-hydrogen) atoms. The van der Waals surface area contributed by atoms with E-state index in [0.717, 1.165) is 11.1 Å². The molecule has 0 aliphatic rings. The van der Waals surface area contributed by atoms with Gasteiger partial charge < -0.3 is 28.2 Å². The Bertz CT molecular complexity index is 768. The summed E-state index contributed by atoms with van der Waals surface area (Å²) in [7, 11) is 7.79. The fraction of sp³-hybridized carbons (Fsp3) is 0.300. The van der Waals surface area contributed by atoms with Crippen LogP contribution in [0.15, 0.2) is 35.7 Å². The summed E-state index contributed by atoms with van der Waals surface area (Å²) in [6, 6.07) is 9.06. The number of benzene rings is 2. The number of hydrogen-bond acceptors (Lipinski definition) is 6. The lowest BCUT2D eigenvalue weighted by Gasteiger charge is -2.16. The Morgan fingerprint density at radius 1 is 0.778 bits per heavy atom. The van der Waals surface area contributed by atoms with E-state index in [2.05, 4.69) is 0 Å². The van der Waals surface area contributed by atoms with Crippen molar-refractivity contribution in [1.29, 1.82) is 0 Å². The van der Waals surface area contributed by atoms with Crippen molar-refractivity contribution in [3.8, 4) is 28.7 Å². The highest BCUT2D eigenvalue weighted by Crippen LogP contribution is 2.40. The number of ether oxygens (including phenoxy) is 5. The standard InChI is InChI=1S/C20H24O6S/c1-22-16-7-6-8-17(23-2)15(16)11-12-27(21)13-14-9-10-18(24-3)20(26-5)19(14)25-4/h6-12H,13H2,1-5H3. The summed E-state index contributed by atoms with van der Waals surface area (Å²) in [4.78, 5) is 0. The second kappa shape index (κ2) is 9.99. The van der Waals surface area contributed by atoms with Gasteiger partial charge in [0, 0.05) is 11.6 Å². The molecule has 7 heteroatoms. The van der Waals surface area contributed by atoms with Crippen LogP contribution in [0.3, 0.4) is 0 Å². The van der Waals surface area contributed by atoms with E-state index >= 15 is 0 Å². The van der Waals surface area contributed by atoms with E-state index < -0.39 is 11.2 Å². The maximum absolute atomic E-state index is 12.6. The summed E-state index contributed by atoms with van der Waals surface area (Å²) in [5.74, 6) is 3.09. The molecule has 0 spiro atoms. The van der Waals surface area contributed by atoms with Crippen molar-refractivity contribution in [3.05, 3.63) is 46.9 Å². The van der Waals surface area contributed by atoms with Crippen LogP contribution in [0.2, 0.25) is 0 Å². The Balaban J connectivity index is 2.26. The minimum atomic E-state index is -1.29. The molecule has 0 saturated heterocycles. The highest BCUT2D eigenvalue weighted by Gasteiger charge is 2.19. The average Bonchev–Trinajstić information content (AvgIpc) is 2.71. The molecule has 0 aromatic heterocycles. The SMILES string of the molecule is COc1cccc(OC)c1C=C[S+]([O-])Cc1ccc(OC)c(OC)c1OC. The van der Waals surface area contributed by atoms with Crippen molar-refractivity contribution in [1.82, 2.24) is 0 Å². The molecule has 0 bridgehead atoms. The van der Waals surface area contributed by atoms with Crippen molar-refractivity contribution >= 4 is 17.3 Å². The zero-order valence-corrected chi connectivity index (χ0v) is 16.9. The van der Waals surface area contributed by atoms with Gasteiger partial charge in [-0.2, -0.15) is 0 Å². The van der Waals surface area contributed by atoms with E-state index in [1.165, 1.54) is 7.11 Å². The van der Waals surface area contributed by atoms with E-state index in [9.17, 15) is 4.55 Å². The molecular formula is C20H24O6S. The van der Waals surface area contributed by atoms with Crippen LogP contribution in [0.5, 0.6) is 28.7 Å². The lowest BCUT2D eigenvalue weighted by Crippen LogP contribution is -2.04. The third-order valence-electron chi connectivity index (χ3n) is 3.94. The first-order valence-corrected chi connectivity index (χ1v) is 9.52. The molecule has 0 aliphatic heterocycles. The van der Waals surface area contributed by atoms with Crippen molar-refractivity contribution in [3.63, 3.8) is 0 Å². The maximum atomic E-state index is 12.6. The van der Waals surface area contributed by atoms with Gasteiger partial charge in [0.25, 0.3) is 0 Å². The Kier molecular flexibility index (Phi) is 7.69.